The number of aliphatic hydroxyl groups is 1. The Morgan fingerprint density at radius 1 is 1.28 bits per heavy atom. The lowest BCUT2D eigenvalue weighted by atomic mass is 9.76. The summed E-state index contributed by atoms with van der Waals surface area (Å²) in [4.78, 5) is 13.0. The van der Waals surface area contributed by atoms with Gasteiger partial charge in [-0.25, -0.2) is 8.78 Å². The number of hydrogen-bond acceptors (Lipinski definition) is 3. The van der Waals surface area contributed by atoms with Crippen molar-refractivity contribution in [2.75, 3.05) is 7.11 Å². The number of methoxy groups -OCH3 is 1. The fourth-order valence-corrected chi connectivity index (χ4v) is 4.07. The summed E-state index contributed by atoms with van der Waals surface area (Å²) >= 11 is 12.3. The van der Waals surface area contributed by atoms with E-state index in [-0.39, 0.29) is 46.9 Å². The van der Waals surface area contributed by atoms with E-state index >= 15 is 0 Å². The Balaban J connectivity index is 2.00. The van der Waals surface area contributed by atoms with Gasteiger partial charge in [-0.1, -0.05) is 35.3 Å². The molecule has 1 aliphatic carbocycles. The molecule has 0 saturated heterocycles. The highest BCUT2D eigenvalue weighted by Crippen LogP contribution is 2.42. The maximum atomic E-state index is 14.1. The Morgan fingerprint density at radius 3 is 2.62 bits per heavy atom. The lowest BCUT2D eigenvalue weighted by Crippen LogP contribution is -2.48. The van der Waals surface area contributed by atoms with E-state index < -0.39 is 29.5 Å². The van der Waals surface area contributed by atoms with Gasteiger partial charge in [-0.3, -0.25) is 4.79 Å². The van der Waals surface area contributed by atoms with Crippen LogP contribution >= 0.6 is 23.2 Å². The second kappa shape index (κ2) is 8.86. The Morgan fingerprint density at radius 2 is 1.97 bits per heavy atom. The van der Waals surface area contributed by atoms with Gasteiger partial charge >= 0.3 is 0 Å². The summed E-state index contributed by atoms with van der Waals surface area (Å²) in [6.07, 6.45) is -0.566. The molecule has 0 aromatic heterocycles. The van der Waals surface area contributed by atoms with Crippen LogP contribution in [0.3, 0.4) is 0 Å². The average Bonchev–Trinajstić information content (AvgIpc) is 2.71. The number of carbonyl (C=O) groups excluding carboxylic acids is 1. The summed E-state index contributed by atoms with van der Waals surface area (Å²) in [5.41, 5.74) is -1.13. The third-order valence-electron chi connectivity index (χ3n) is 5.30. The number of nitrogens with one attached hydrogen (secondary N) is 1. The molecule has 0 bridgehead atoms. The van der Waals surface area contributed by atoms with E-state index in [0.29, 0.717) is 5.75 Å². The van der Waals surface area contributed by atoms with Gasteiger partial charge < -0.3 is 15.2 Å². The van der Waals surface area contributed by atoms with E-state index in [9.17, 15) is 18.7 Å². The van der Waals surface area contributed by atoms with E-state index in [1.807, 2.05) is 0 Å². The van der Waals surface area contributed by atoms with Crippen molar-refractivity contribution in [3.05, 3.63) is 63.4 Å². The van der Waals surface area contributed by atoms with Crippen molar-refractivity contribution in [2.24, 2.45) is 0 Å². The minimum Gasteiger partial charge on any atom is -0.497 e. The van der Waals surface area contributed by atoms with Crippen LogP contribution in [0.4, 0.5) is 8.78 Å². The van der Waals surface area contributed by atoms with E-state index in [1.165, 1.54) is 37.4 Å². The molecule has 4 nitrogen and oxygen atoms in total. The maximum Gasteiger partial charge on any atom is 0.253 e. The van der Waals surface area contributed by atoms with Crippen LogP contribution in [0, 0.1) is 5.82 Å². The van der Waals surface area contributed by atoms with E-state index in [0.717, 1.165) is 0 Å². The van der Waals surface area contributed by atoms with Gasteiger partial charge in [0.1, 0.15) is 17.7 Å². The van der Waals surface area contributed by atoms with Gasteiger partial charge in [0.15, 0.2) is 0 Å². The standard InChI is InChI=1S/C21H21Cl2F2NO3/c1-29-13-5-6-16(22)15(11-13)20(27)26-19(14-3-2-4-17(25)18(14)23)21(28)9-7-12(24)8-10-21/h2-6,11-12,19,28H,7-10H2,1H3,(H,26,27)/t12-,19?,21-. The summed E-state index contributed by atoms with van der Waals surface area (Å²) < 4.78 is 32.9. The molecule has 2 aromatic rings. The highest BCUT2D eigenvalue weighted by Gasteiger charge is 2.43. The predicted octanol–water partition coefficient (Wildman–Crippen LogP) is 5.26. The highest BCUT2D eigenvalue weighted by atomic mass is 35.5. The quantitative estimate of drug-likeness (QED) is 0.662. The number of alkyl halides is 1. The molecule has 1 fully saturated rings. The second-order valence-electron chi connectivity index (χ2n) is 7.17. The number of halogens is 4. The van der Waals surface area contributed by atoms with Crippen LogP contribution in [0.2, 0.25) is 10.0 Å². The normalized spacial score (nSPS) is 22.8. The van der Waals surface area contributed by atoms with Crippen LogP contribution < -0.4 is 10.1 Å². The molecule has 0 radical (unpaired) electrons. The molecule has 1 atom stereocenters. The summed E-state index contributed by atoms with van der Waals surface area (Å²) in [5.74, 6) is -0.836. The molecule has 1 saturated carbocycles. The minimum absolute atomic E-state index is 0.0950. The van der Waals surface area contributed by atoms with Crippen molar-refractivity contribution in [3.63, 3.8) is 0 Å². The molecule has 0 aliphatic heterocycles. The Hall–Kier alpha value is -1.89. The van der Waals surface area contributed by atoms with Crippen molar-refractivity contribution >= 4 is 29.1 Å². The number of rotatable bonds is 5. The van der Waals surface area contributed by atoms with Gasteiger partial charge in [0.05, 0.1) is 34.4 Å². The van der Waals surface area contributed by atoms with E-state index in [4.69, 9.17) is 27.9 Å². The first-order valence-corrected chi connectivity index (χ1v) is 9.95. The van der Waals surface area contributed by atoms with E-state index in [1.54, 1.807) is 6.07 Å². The molecule has 1 unspecified atom stereocenters. The zero-order chi connectivity index (χ0) is 21.2. The third kappa shape index (κ3) is 4.65. The van der Waals surface area contributed by atoms with Crippen LogP contribution in [0.1, 0.15) is 47.6 Å². The second-order valence-corrected chi connectivity index (χ2v) is 7.96. The highest BCUT2D eigenvalue weighted by molar-refractivity contribution is 6.34. The van der Waals surface area contributed by atoms with Crippen molar-refractivity contribution in [3.8, 4) is 5.75 Å². The van der Waals surface area contributed by atoms with Gasteiger partial charge in [0, 0.05) is 0 Å². The van der Waals surface area contributed by atoms with Crippen LogP contribution in [-0.2, 0) is 0 Å². The van der Waals surface area contributed by atoms with Gasteiger partial charge in [0.2, 0.25) is 0 Å². The number of amides is 1. The Bertz CT molecular complexity index is 901. The summed E-state index contributed by atoms with van der Waals surface area (Å²) in [6, 6.07) is 7.70. The molecule has 156 valence electrons. The van der Waals surface area contributed by atoms with Crippen LogP contribution in [-0.4, -0.2) is 29.9 Å². The first-order chi connectivity index (χ1) is 13.7. The van der Waals surface area contributed by atoms with Crippen molar-refractivity contribution in [1.29, 1.82) is 0 Å². The first-order valence-electron chi connectivity index (χ1n) is 9.20. The monoisotopic (exact) mass is 443 g/mol. The number of carbonyl (C=O) groups is 1. The lowest BCUT2D eigenvalue weighted by molar-refractivity contribution is -0.0445. The van der Waals surface area contributed by atoms with Gasteiger partial charge in [0.25, 0.3) is 5.91 Å². The molecular formula is C21H21Cl2F2NO3. The number of ether oxygens (including phenoxy) is 1. The van der Waals surface area contributed by atoms with Gasteiger partial charge in [-0.2, -0.15) is 0 Å². The SMILES string of the molecule is COc1ccc(Cl)c(C(=O)NC(c2cccc(F)c2Cl)[C@]2(O)CC[C@H](F)CC2)c1. The lowest BCUT2D eigenvalue weighted by Gasteiger charge is -2.41. The molecule has 2 aromatic carbocycles. The molecule has 8 heteroatoms. The van der Waals surface area contributed by atoms with Gasteiger partial charge in [-0.15, -0.1) is 0 Å². The summed E-state index contributed by atoms with van der Waals surface area (Å²) in [6.45, 7) is 0. The zero-order valence-corrected chi connectivity index (χ0v) is 17.2. The number of benzene rings is 2. The third-order valence-corrected chi connectivity index (χ3v) is 6.03. The van der Waals surface area contributed by atoms with Crippen molar-refractivity contribution in [1.82, 2.24) is 5.32 Å². The zero-order valence-electron chi connectivity index (χ0n) is 15.7. The summed E-state index contributed by atoms with van der Waals surface area (Å²) in [7, 11) is 1.46. The maximum absolute atomic E-state index is 14.1. The smallest absolute Gasteiger partial charge is 0.253 e. The molecule has 0 heterocycles. The molecule has 29 heavy (non-hydrogen) atoms. The largest absolute Gasteiger partial charge is 0.497 e. The molecule has 1 amide bonds. The fraction of sp³-hybridized carbons (Fsp3) is 0.381. The molecule has 0 spiro atoms. The predicted molar refractivity (Wildman–Crippen MR) is 108 cm³/mol. The average molecular weight is 444 g/mol. The molecule has 2 N–H and O–H groups in total. The first kappa shape index (κ1) is 21.8. The van der Waals surface area contributed by atoms with Crippen LogP contribution in [0.15, 0.2) is 36.4 Å². The van der Waals surface area contributed by atoms with Gasteiger partial charge in [-0.05, 0) is 55.5 Å². The van der Waals surface area contributed by atoms with E-state index in [2.05, 4.69) is 5.32 Å². The Kier molecular flexibility index (Phi) is 6.66. The topological polar surface area (TPSA) is 58.6 Å². The molecular weight excluding hydrogens is 423 g/mol. The van der Waals surface area contributed by atoms with Crippen molar-refractivity contribution in [2.45, 2.75) is 43.5 Å². The minimum atomic E-state index is -1.49. The Labute approximate surface area is 177 Å². The summed E-state index contributed by atoms with van der Waals surface area (Å²) in [5, 5.41) is 14.0. The molecule has 1 aliphatic rings. The van der Waals surface area contributed by atoms with Crippen LogP contribution in [0.5, 0.6) is 5.75 Å². The van der Waals surface area contributed by atoms with Crippen molar-refractivity contribution < 1.29 is 23.4 Å². The van der Waals surface area contributed by atoms with Crippen LogP contribution in [0.25, 0.3) is 0 Å². The fourth-order valence-electron chi connectivity index (χ4n) is 3.63. The molecule has 3 rings (SSSR count). The number of hydrogen-bond donors (Lipinski definition) is 2.